The molecule has 2 aromatic carbocycles. The highest BCUT2D eigenvalue weighted by Gasteiger charge is 2.29. The van der Waals surface area contributed by atoms with Crippen molar-refractivity contribution in [3.05, 3.63) is 71.3 Å². The van der Waals surface area contributed by atoms with Crippen molar-refractivity contribution in [3.63, 3.8) is 0 Å². The van der Waals surface area contributed by atoms with E-state index >= 15 is 0 Å². The molecule has 0 aliphatic carbocycles. The van der Waals surface area contributed by atoms with E-state index in [0.717, 1.165) is 17.7 Å². The lowest BCUT2D eigenvalue weighted by Gasteiger charge is -2.11. The maximum atomic E-state index is 12.6. The molecule has 1 N–H and O–H groups in total. The van der Waals surface area contributed by atoms with Gasteiger partial charge in [-0.1, -0.05) is 30.9 Å². The largest absolute Gasteiger partial charge is 0.416 e. The number of halogens is 3. The topological polar surface area (TPSA) is 46.2 Å². The summed E-state index contributed by atoms with van der Waals surface area (Å²) in [6.07, 6.45) is -2.47. The molecule has 7 heteroatoms. The molecule has 0 atom stereocenters. The van der Waals surface area contributed by atoms with E-state index in [1.165, 1.54) is 37.4 Å². The molecule has 2 aromatic rings. The first-order valence-electron chi connectivity index (χ1n) is 7.02. The van der Waals surface area contributed by atoms with Crippen molar-refractivity contribution in [1.29, 1.82) is 0 Å². The van der Waals surface area contributed by atoms with Crippen LogP contribution in [0.3, 0.4) is 0 Å². The molecule has 0 fully saturated rings. The maximum Gasteiger partial charge on any atom is 0.416 e. The van der Waals surface area contributed by atoms with Crippen molar-refractivity contribution >= 4 is 16.1 Å². The molecule has 0 spiro atoms. The Bertz CT molecular complexity index is 841. The molecular weight excluding hydrogens is 339 g/mol. The Morgan fingerprint density at radius 1 is 1.12 bits per heavy atom. The van der Waals surface area contributed by atoms with Gasteiger partial charge < -0.3 is 0 Å². The minimum Gasteiger partial charge on any atom is -0.214 e. The Morgan fingerprint density at radius 2 is 1.75 bits per heavy atom. The zero-order valence-electron chi connectivity index (χ0n) is 12.9. The fraction of sp³-hybridized carbons (Fsp3) is 0.176. The highest BCUT2D eigenvalue weighted by molar-refractivity contribution is 7.89. The molecule has 0 saturated carbocycles. The van der Waals surface area contributed by atoms with Crippen LogP contribution in [0.4, 0.5) is 13.2 Å². The average Bonchev–Trinajstić information content (AvgIpc) is 2.54. The molecule has 0 saturated heterocycles. The first kappa shape index (κ1) is 18.2. The van der Waals surface area contributed by atoms with Gasteiger partial charge in [-0.2, -0.15) is 13.2 Å². The van der Waals surface area contributed by atoms with Crippen LogP contribution in [0, 0.1) is 0 Å². The van der Waals surface area contributed by atoms with Crippen LogP contribution >= 0.6 is 0 Å². The maximum absolute atomic E-state index is 12.6. The third kappa shape index (κ3) is 4.04. The Kier molecular flexibility index (Phi) is 5.15. The Morgan fingerprint density at radius 3 is 2.25 bits per heavy atom. The van der Waals surface area contributed by atoms with Gasteiger partial charge in [0.2, 0.25) is 10.0 Å². The van der Waals surface area contributed by atoms with Gasteiger partial charge in [0.1, 0.15) is 0 Å². The summed E-state index contributed by atoms with van der Waals surface area (Å²) in [5.74, 6) is 0. The summed E-state index contributed by atoms with van der Waals surface area (Å²) in [7, 11) is -2.25. The number of sulfonamides is 1. The molecule has 0 unspecified atom stereocenters. The van der Waals surface area contributed by atoms with Crippen LogP contribution in [0.2, 0.25) is 0 Å². The fourth-order valence-electron chi connectivity index (χ4n) is 2.24. The molecule has 0 bridgehead atoms. The van der Waals surface area contributed by atoms with E-state index in [9.17, 15) is 21.6 Å². The van der Waals surface area contributed by atoms with Gasteiger partial charge in [0.25, 0.3) is 0 Å². The molecule has 0 aliphatic heterocycles. The second-order valence-corrected chi connectivity index (χ2v) is 7.03. The van der Waals surface area contributed by atoms with E-state index in [4.69, 9.17) is 0 Å². The standard InChI is InChI=1S/C17H16F3NO2S/c1-3-13-11-16(24(22,23)21-2)9-6-14(13)10-12-4-7-15(8-5-12)17(18,19)20/h3-9,11,21H,1,10H2,2H3. The fourth-order valence-corrected chi connectivity index (χ4v) is 3.01. The normalized spacial score (nSPS) is 12.2. The number of nitrogens with one attached hydrogen (secondary N) is 1. The van der Waals surface area contributed by atoms with Crippen LogP contribution in [0.25, 0.3) is 6.08 Å². The first-order valence-corrected chi connectivity index (χ1v) is 8.51. The van der Waals surface area contributed by atoms with Crippen LogP contribution in [-0.4, -0.2) is 15.5 Å². The molecule has 0 aromatic heterocycles. The van der Waals surface area contributed by atoms with E-state index in [1.807, 2.05) is 0 Å². The molecule has 0 radical (unpaired) electrons. The molecule has 0 amide bonds. The minimum atomic E-state index is -4.37. The molecule has 3 nitrogen and oxygen atoms in total. The molecule has 2 rings (SSSR count). The quantitative estimate of drug-likeness (QED) is 0.886. The van der Waals surface area contributed by atoms with E-state index in [1.54, 1.807) is 6.07 Å². The highest BCUT2D eigenvalue weighted by atomic mass is 32.2. The predicted octanol–water partition coefficient (Wildman–Crippen LogP) is 3.85. The third-order valence-electron chi connectivity index (χ3n) is 3.59. The van der Waals surface area contributed by atoms with Crippen LogP contribution in [0.5, 0.6) is 0 Å². The average molecular weight is 355 g/mol. The van der Waals surface area contributed by atoms with Crippen molar-refractivity contribution in [1.82, 2.24) is 4.72 Å². The second kappa shape index (κ2) is 6.78. The Labute approximate surface area is 138 Å². The summed E-state index contributed by atoms with van der Waals surface area (Å²) >= 11 is 0. The number of rotatable bonds is 5. The zero-order valence-corrected chi connectivity index (χ0v) is 13.7. The van der Waals surface area contributed by atoms with Gasteiger partial charge in [-0.3, -0.25) is 0 Å². The molecule has 0 heterocycles. The number of benzene rings is 2. The molecule has 24 heavy (non-hydrogen) atoms. The van der Waals surface area contributed by atoms with Crippen molar-refractivity contribution in [3.8, 4) is 0 Å². The van der Waals surface area contributed by atoms with Crippen LogP contribution < -0.4 is 4.72 Å². The molecule has 0 aliphatic rings. The van der Waals surface area contributed by atoms with Gasteiger partial charge in [-0.15, -0.1) is 0 Å². The van der Waals surface area contributed by atoms with E-state index in [2.05, 4.69) is 11.3 Å². The van der Waals surface area contributed by atoms with E-state index in [0.29, 0.717) is 17.5 Å². The smallest absolute Gasteiger partial charge is 0.214 e. The molecular formula is C17H16F3NO2S. The SMILES string of the molecule is C=Cc1cc(S(=O)(=O)NC)ccc1Cc1ccc(C(F)(F)F)cc1. The van der Waals surface area contributed by atoms with E-state index in [-0.39, 0.29) is 4.90 Å². The van der Waals surface area contributed by atoms with Gasteiger partial charge in [0.05, 0.1) is 10.5 Å². The lowest BCUT2D eigenvalue weighted by atomic mass is 9.99. The minimum absolute atomic E-state index is 0.107. The van der Waals surface area contributed by atoms with Gasteiger partial charge in [-0.05, 0) is 54.4 Å². The number of hydrogen-bond donors (Lipinski definition) is 1. The molecule has 128 valence electrons. The third-order valence-corrected chi connectivity index (χ3v) is 5.00. The summed E-state index contributed by atoms with van der Waals surface area (Å²) in [4.78, 5) is 0.107. The Hall–Kier alpha value is -2.12. The number of hydrogen-bond acceptors (Lipinski definition) is 2. The zero-order chi connectivity index (χ0) is 18.0. The van der Waals surface area contributed by atoms with Crippen molar-refractivity contribution < 1.29 is 21.6 Å². The summed E-state index contributed by atoms with van der Waals surface area (Å²) in [6.45, 7) is 3.66. The predicted molar refractivity (Wildman–Crippen MR) is 87.0 cm³/mol. The summed E-state index contributed by atoms with van der Waals surface area (Å²) in [6, 6.07) is 9.46. The summed E-state index contributed by atoms with van der Waals surface area (Å²) in [5.41, 5.74) is 1.38. The van der Waals surface area contributed by atoms with Crippen LogP contribution in [0.15, 0.2) is 53.9 Å². The lowest BCUT2D eigenvalue weighted by Crippen LogP contribution is -2.18. The summed E-state index contributed by atoms with van der Waals surface area (Å²) < 4.78 is 63.6. The van der Waals surface area contributed by atoms with Crippen LogP contribution in [-0.2, 0) is 22.6 Å². The first-order chi connectivity index (χ1) is 11.2. The Balaban J connectivity index is 2.32. The van der Waals surface area contributed by atoms with Crippen molar-refractivity contribution in [2.24, 2.45) is 0 Å². The van der Waals surface area contributed by atoms with Crippen molar-refractivity contribution in [2.75, 3.05) is 7.05 Å². The highest BCUT2D eigenvalue weighted by Crippen LogP contribution is 2.29. The van der Waals surface area contributed by atoms with Crippen LogP contribution in [0.1, 0.15) is 22.3 Å². The van der Waals surface area contributed by atoms with E-state index < -0.39 is 21.8 Å². The second-order valence-electron chi connectivity index (χ2n) is 5.14. The van der Waals surface area contributed by atoms with Gasteiger partial charge in [-0.25, -0.2) is 13.1 Å². The van der Waals surface area contributed by atoms with Gasteiger partial charge in [0, 0.05) is 0 Å². The van der Waals surface area contributed by atoms with Gasteiger partial charge in [0.15, 0.2) is 0 Å². The number of alkyl halides is 3. The van der Waals surface area contributed by atoms with Gasteiger partial charge >= 0.3 is 6.18 Å². The lowest BCUT2D eigenvalue weighted by molar-refractivity contribution is -0.137. The monoisotopic (exact) mass is 355 g/mol. The van der Waals surface area contributed by atoms with Crippen molar-refractivity contribution in [2.45, 2.75) is 17.5 Å². The summed E-state index contributed by atoms with van der Waals surface area (Å²) in [5, 5.41) is 0.